The number of nitrogens with zero attached hydrogens (tertiary/aromatic N) is 4. The SMILES string of the molecule is CCOCCOCCOCCOCCOCCOCCOCCNC(=O)O[C@@H]1CC[C@@H](C[C@@H](C)[C@@H]2C[C@H](N=[N+]=[N-])[C@H](C)/C=C(\C)[C@@H](O)[C@@H](OC)C(=O)[C@H](C)C[C@H](C)/C=C/C=C/C=C(\C)C(OC)C[C@@H]3CC[C@@H](C)[C@@](O)(O3)C(=O)C(=O)N3CCCC[C@H]3C(=O)O2)C[C@H]1OC. The molecular formula is C68H113N5O20. The lowest BCUT2D eigenvalue weighted by Crippen LogP contribution is -2.61. The number of hydrogen-bond donors (Lipinski definition) is 3. The summed E-state index contributed by atoms with van der Waals surface area (Å²) in [6.45, 7) is 21.4. The minimum atomic E-state index is -2.47. The molecule has 3 heterocycles. The number of esters is 1. The Labute approximate surface area is 552 Å². The van der Waals surface area contributed by atoms with E-state index >= 15 is 0 Å². The Bertz CT molecular complexity index is 2390. The molecule has 0 aromatic rings. The molecule has 93 heavy (non-hydrogen) atoms. The van der Waals surface area contributed by atoms with Gasteiger partial charge in [-0.05, 0) is 132 Å². The molecule has 0 radical (unpaired) electrons. The van der Waals surface area contributed by atoms with Crippen molar-refractivity contribution in [3.05, 3.63) is 58.0 Å². The van der Waals surface area contributed by atoms with Gasteiger partial charge in [0.2, 0.25) is 5.79 Å². The zero-order valence-electron chi connectivity index (χ0n) is 57.5. The van der Waals surface area contributed by atoms with Crippen LogP contribution in [0.4, 0.5) is 4.79 Å². The highest BCUT2D eigenvalue weighted by Crippen LogP contribution is 2.39. The summed E-state index contributed by atoms with van der Waals surface area (Å²) < 4.78 is 74.4. The van der Waals surface area contributed by atoms with E-state index in [9.17, 15) is 39.7 Å². The van der Waals surface area contributed by atoms with E-state index in [0.29, 0.717) is 156 Å². The number of ether oxygens (including phenoxy) is 13. The van der Waals surface area contributed by atoms with Crippen LogP contribution in [-0.4, -0.2) is 232 Å². The first-order valence-corrected chi connectivity index (χ1v) is 33.7. The molecule has 2 amide bonds. The van der Waals surface area contributed by atoms with Crippen molar-refractivity contribution in [2.45, 2.75) is 193 Å². The van der Waals surface area contributed by atoms with Gasteiger partial charge in [-0.1, -0.05) is 76.2 Å². The number of aliphatic hydroxyl groups excluding tert-OH is 1. The Morgan fingerprint density at radius 1 is 0.753 bits per heavy atom. The van der Waals surface area contributed by atoms with Crippen LogP contribution < -0.4 is 5.32 Å². The number of allylic oxidation sites excluding steroid dienone is 5. The Morgan fingerprint density at radius 3 is 1.97 bits per heavy atom. The Kier molecular flexibility index (Phi) is 39.0. The van der Waals surface area contributed by atoms with Crippen molar-refractivity contribution in [3.8, 4) is 0 Å². The number of cyclic esters (lactones) is 1. The lowest BCUT2D eigenvalue weighted by molar-refractivity contribution is -0.265. The van der Waals surface area contributed by atoms with E-state index < -0.39 is 108 Å². The first-order chi connectivity index (χ1) is 44.7. The summed E-state index contributed by atoms with van der Waals surface area (Å²) in [5.74, 6) is -7.90. The number of methoxy groups -OCH3 is 3. The Balaban J connectivity index is 1.42. The average molecular weight is 1320 g/mol. The largest absolute Gasteiger partial charge is 0.461 e. The summed E-state index contributed by atoms with van der Waals surface area (Å²) in [5.41, 5.74) is 11.3. The standard InChI is InChI=1S/C68H113N5O20/c1-12-84-28-29-86-32-33-88-36-37-90-39-38-89-35-34-87-31-30-85-27-25-70-67(79)92-57-24-22-53(43-60(57)82-10)42-49(5)59-45-55(71-72-69)48(4)41-51(7)62(75)63(83-11)61(74)50(6)40-46(2)18-14-13-15-19-47(3)58(81-9)44-54-23-21-52(8)68(80,93-54)64(76)65(77)73-26-17-16-20-56(73)66(78)91-59/h13-15,18-19,41,46,48-50,52-60,62-63,75,80H,12,16-17,20-40,42-45H2,1-11H3,(H,70,79)/b15-13+,18-14+,47-19+,51-41+/t46-,48-,49-,50-,52-,53+,54+,55+,56+,57-,58?,59+,60-,62-,63+,68-/m1/s1. The number of carbonyl (C=O) groups excluding carboxylic acids is 5. The molecule has 4 rings (SSSR count). The number of aliphatic hydroxyl groups is 2. The topological polar surface area (TPSA) is 310 Å². The molecule has 3 N–H and O–H groups in total. The number of nitrogens with one attached hydrogen (secondary N) is 1. The summed E-state index contributed by atoms with van der Waals surface area (Å²) in [5, 5.41) is 30.8. The molecule has 16 atom stereocenters. The summed E-state index contributed by atoms with van der Waals surface area (Å²) in [6.07, 6.45) is 10.2. The van der Waals surface area contributed by atoms with Crippen molar-refractivity contribution < 1.29 is 95.8 Å². The second kappa shape index (κ2) is 44.9. The molecule has 1 unspecified atom stereocenters. The van der Waals surface area contributed by atoms with E-state index in [1.807, 2.05) is 71.9 Å². The molecule has 530 valence electrons. The van der Waals surface area contributed by atoms with Gasteiger partial charge in [0.1, 0.15) is 30.5 Å². The van der Waals surface area contributed by atoms with Gasteiger partial charge >= 0.3 is 12.1 Å². The zero-order chi connectivity index (χ0) is 68.1. The summed E-state index contributed by atoms with van der Waals surface area (Å²) in [6, 6.07) is -2.04. The molecule has 25 nitrogen and oxygen atoms in total. The first kappa shape index (κ1) is 80.7. The van der Waals surface area contributed by atoms with Crippen LogP contribution in [-0.2, 0) is 80.8 Å². The van der Waals surface area contributed by atoms with Gasteiger partial charge in [-0.15, -0.1) is 0 Å². The van der Waals surface area contributed by atoms with Crippen molar-refractivity contribution in [1.29, 1.82) is 0 Å². The molecule has 0 aromatic heterocycles. The lowest BCUT2D eigenvalue weighted by atomic mass is 9.78. The Morgan fingerprint density at radius 2 is 1.38 bits per heavy atom. The third-order valence-electron chi connectivity index (χ3n) is 18.0. The molecule has 3 aliphatic heterocycles. The normalized spacial score (nSPS) is 32.4. The van der Waals surface area contributed by atoms with E-state index in [1.54, 1.807) is 34.1 Å². The molecule has 25 heteroatoms. The average Bonchev–Trinajstić information content (AvgIpc) is 0.799. The van der Waals surface area contributed by atoms with E-state index in [-0.39, 0.29) is 50.2 Å². The fraction of sp³-hybridized carbons (Fsp3) is 0.809. The number of ketones is 2. The maximum absolute atomic E-state index is 14.8. The molecule has 1 aliphatic carbocycles. The molecule has 0 aromatic carbocycles. The van der Waals surface area contributed by atoms with E-state index in [4.69, 9.17) is 61.6 Å². The fourth-order valence-electron chi connectivity index (χ4n) is 12.5. The highest BCUT2D eigenvalue weighted by molar-refractivity contribution is 6.39. The van der Waals surface area contributed by atoms with Gasteiger partial charge in [-0.2, -0.15) is 0 Å². The monoisotopic (exact) mass is 1320 g/mol. The number of piperidine rings is 1. The first-order valence-electron chi connectivity index (χ1n) is 33.7. The van der Waals surface area contributed by atoms with Crippen LogP contribution in [0, 0.1) is 35.5 Å². The van der Waals surface area contributed by atoms with Gasteiger partial charge in [0.15, 0.2) is 5.78 Å². The van der Waals surface area contributed by atoms with Crippen LogP contribution in [0.15, 0.2) is 52.7 Å². The van der Waals surface area contributed by atoms with Gasteiger partial charge in [0.25, 0.3) is 11.7 Å². The van der Waals surface area contributed by atoms with Crippen LogP contribution in [0.1, 0.15) is 132 Å². The third kappa shape index (κ3) is 28.1. The van der Waals surface area contributed by atoms with Gasteiger partial charge in [0.05, 0.1) is 104 Å². The van der Waals surface area contributed by atoms with Crippen molar-refractivity contribution in [2.75, 3.05) is 127 Å². The highest BCUT2D eigenvalue weighted by atomic mass is 16.6. The molecule has 2 saturated heterocycles. The number of rotatable bonds is 30. The lowest BCUT2D eigenvalue weighted by Gasteiger charge is -2.43. The number of alkyl carbamates (subject to hydrolysis) is 1. The highest BCUT2D eigenvalue weighted by Gasteiger charge is 2.53. The Hall–Kier alpha value is -4.70. The number of amides is 2. The number of fused-ring (bicyclic) bond motifs is 3. The predicted octanol–water partition coefficient (Wildman–Crippen LogP) is 8.16. The van der Waals surface area contributed by atoms with Crippen LogP contribution in [0.2, 0.25) is 0 Å². The van der Waals surface area contributed by atoms with Gasteiger partial charge in [-0.25, -0.2) is 9.59 Å². The van der Waals surface area contributed by atoms with Crippen molar-refractivity contribution in [1.82, 2.24) is 10.2 Å². The van der Waals surface area contributed by atoms with E-state index in [2.05, 4.69) is 15.3 Å². The van der Waals surface area contributed by atoms with Crippen LogP contribution in [0.5, 0.6) is 0 Å². The van der Waals surface area contributed by atoms with Gasteiger partial charge in [-0.3, -0.25) is 14.4 Å². The van der Waals surface area contributed by atoms with Gasteiger partial charge in [0, 0.05) is 70.2 Å². The van der Waals surface area contributed by atoms with Crippen molar-refractivity contribution in [2.24, 2.45) is 40.6 Å². The minimum absolute atomic E-state index is 0.00169. The molecule has 3 fully saturated rings. The third-order valence-corrected chi connectivity index (χ3v) is 18.0. The molecule has 4 aliphatic rings. The smallest absolute Gasteiger partial charge is 0.407 e. The van der Waals surface area contributed by atoms with Crippen LogP contribution in [0.25, 0.3) is 10.4 Å². The minimum Gasteiger partial charge on any atom is -0.461 e. The predicted molar refractivity (Wildman–Crippen MR) is 347 cm³/mol. The quantitative estimate of drug-likeness (QED) is 0.0116. The van der Waals surface area contributed by atoms with E-state index in [1.165, 1.54) is 12.0 Å². The second-order valence-electron chi connectivity index (χ2n) is 25.2. The van der Waals surface area contributed by atoms with Crippen LogP contribution >= 0.6 is 0 Å². The summed E-state index contributed by atoms with van der Waals surface area (Å²) in [4.78, 5) is 75.3. The zero-order valence-corrected chi connectivity index (χ0v) is 57.5. The van der Waals surface area contributed by atoms with Crippen molar-refractivity contribution in [3.63, 3.8) is 0 Å². The van der Waals surface area contributed by atoms with Gasteiger partial charge < -0.3 is 82.0 Å². The number of carbonyl (C=O) groups is 5. The molecular weight excluding hydrogens is 1210 g/mol. The summed E-state index contributed by atoms with van der Waals surface area (Å²) >= 11 is 0. The fourth-order valence-corrected chi connectivity index (χ4v) is 12.5. The maximum atomic E-state index is 14.8. The van der Waals surface area contributed by atoms with Crippen LogP contribution in [0.3, 0.4) is 0 Å². The second-order valence-corrected chi connectivity index (χ2v) is 25.2. The van der Waals surface area contributed by atoms with E-state index in [0.717, 1.165) is 5.57 Å². The number of Topliss-reactive ketones (excluding diaryl/α,β-unsaturated/α-hetero) is 2. The van der Waals surface area contributed by atoms with Crippen molar-refractivity contribution >= 4 is 29.5 Å². The molecule has 1 saturated carbocycles. The molecule has 2 bridgehead atoms. The molecule has 0 spiro atoms. The number of azide groups is 1. The number of hydrogen-bond acceptors (Lipinski definition) is 21. The maximum Gasteiger partial charge on any atom is 0.407 e. The summed E-state index contributed by atoms with van der Waals surface area (Å²) in [7, 11) is 4.52.